The van der Waals surface area contributed by atoms with Gasteiger partial charge in [-0.15, -0.1) is 0 Å². The summed E-state index contributed by atoms with van der Waals surface area (Å²) in [6.45, 7) is 9.36. The molecular formula is C21H32N2O3. The van der Waals surface area contributed by atoms with Gasteiger partial charge in [-0.3, -0.25) is 4.90 Å². The molecule has 5 nitrogen and oxygen atoms in total. The van der Waals surface area contributed by atoms with Gasteiger partial charge in [-0.05, 0) is 46.1 Å². The average Bonchev–Trinajstić information content (AvgIpc) is 2.53. The molecular weight excluding hydrogens is 328 g/mol. The SMILES string of the molecule is C[C@@H]1CCC[C@@H](C2(O)CN(C(=O)OC(C)(C)C)C2)N1Cc1ccccc1. The second-order valence-corrected chi connectivity index (χ2v) is 8.89. The lowest BCUT2D eigenvalue weighted by molar-refractivity contribution is -0.158. The van der Waals surface area contributed by atoms with Gasteiger partial charge in [-0.1, -0.05) is 36.8 Å². The molecule has 0 saturated carbocycles. The van der Waals surface area contributed by atoms with Crippen molar-refractivity contribution < 1.29 is 14.6 Å². The number of likely N-dealkylation sites (tertiary alicyclic amines) is 2. The number of amides is 1. The first-order valence-corrected chi connectivity index (χ1v) is 9.68. The Hall–Kier alpha value is -1.59. The predicted octanol–water partition coefficient (Wildman–Crippen LogP) is 3.41. The van der Waals surface area contributed by atoms with Crippen LogP contribution in [0.3, 0.4) is 0 Å². The topological polar surface area (TPSA) is 53.0 Å². The summed E-state index contributed by atoms with van der Waals surface area (Å²) in [4.78, 5) is 16.3. The van der Waals surface area contributed by atoms with E-state index in [0.29, 0.717) is 19.1 Å². The van der Waals surface area contributed by atoms with E-state index >= 15 is 0 Å². The van der Waals surface area contributed by atoms with E-state index in [0.717, 1.165) is 25.8 Å². The summed E-state index contributed by atoms with van der Waals surface area (Å²) in [6, 6.07) is 10.9. The Labute approximate surface area is 156 Å². The van der Waals surface area contributed by atoms with Crippen molar-refractivity contribution in [2.45, 2.75) is 76.8 Å². The fourth-order valence-corrected chi connectivity index (χ4v) is 4.16. The van der Waals surface area contributed by atoms with Gasteiger partial charge in [0.05, 0.1) is 13.1 Å². The Morgan fingerprint density at radius 3 is 2.50 bits per heavy atom. The Bertz CT molecular complexity index is 620. The van der Waals surface area contributed by atoms with Gasteiger partial charge in [0.1, 0.15) is 11.2 Å². The quantitative estimate of drug-likeness (QED) is 0.897. The maximum absolute atomic E-state index is 12.2. The van der Waals surface area contributed by atoms with Crippen molar-refractivity contribution in [2.24, 2.45) is 0 Å². The second kappa shape index (κ2) is 7.20. The fourth-order valence-electron chi connectivity index (χ4n) is 4.16. The summed E-state index contributed by atoms with van der Waals surface area (Å²) in [6.07, 6.45) is 2.90. The molecule has 5 heteroatoms. The largest absolute Gasteiger partial charge is 0.444 e. The molecule has 0 unspecified atom stereocenters. The summed E-state index contributed by atoms with van der Waals surface area (Å²) < 4.78 is 5.43. The minimum absolute atomic E-state index is 0.0742. The van der Waals surface area contributed by atoms with E-state index in [-0.39, 0.29) is 12.1 Å². The van der Waals surface area contributed by atoms with E-state index < -0.39 is 11.2 Å². The Morgan fingerprint density at radius 1 is 1.23 bits per heavy atom. The van der Waals surface area contributed by atoms with Gasteiger partial charge in [-0.2, -0.15) is 0 Å². The highest BCUT2D eigenvalue weighted by Crippen LogP contribution is 2.37. The van der Waals surface area contributed by atoms with E-state index in [9.17, 15) is 9.90 Å². The third kappa shape index (κ3) is 4.21. The van der Waals surface area contributed by atoms with E-state index in [4.69, 9.17) is 4.74 Å². The van der Waals surface area contributed by atoms with Crippen molar-refractivity contribution in [3.05, 3.63) is 35.9 Å². The van der Waals surface area contributed by atoms with Crippen LogP contribution < -0.4 is 0 Å². The molecule has 2 fully saturated rings. The summed E-state index contributed by atoms with van der Waals surface area (Å²) in [5, 5.41) is 11.2. The smallest absolute Gasteiger partial charge is 0.410 e. The van der Waals surface area contributed by atoms with Crippen molar-refractivity contribution in [1.29, 1.82) is 0 Å². The highest BCUT2D eigenvalue weighted by Gasteiger charge is 2.53. The number of hydrogen-bond acceptors (Lipinski definition) is 4. The van der Waals surface area contributed by atoms with Crippen LogP contribution in [0.25, 0.3) is 0 Å². The predicted molar refractivity (Wildman–Crippen MR) is 102 cm³/mol. The lowest BCUT2D eigenvalue weighted by Gasteiger charge is -2.55. The van der Waals surface area contributed by atoms with Crippen LogP contribution in [0, 0.1) is 0 Å². The molecule has 2 saturated heterocycles. The summed E-state index contributed by atoms with van der Waals surface area (Å²) in [5.41, 5.74) is -0.0951. The van der Waals surface area contributed by atoms with Gasteiger partial charge in [0.15, 0.2) is 0 Å². The first-order valence-electron chi connectivity index (χ1n) is 9.68. The molecule has 2 heterocycles. The lowest BCUT2D eigenvalue weighted by Crippen LogP contribution is -2.73. The van der Waals surface area contributed by atoms with Crippen LogP contribution in [0.15, 0.2) is 30.3 Å². The number of aliphatic hydroxyl groups is 1. The van der Waals surface area contributed by atoms with Crippen molar-refractivity contribution in [1.82, 2.24) is 9.80 Å². The van der Waals surface area contributed by atoms with Gasteiger partial charge in [0.25, 0.3) is 0 Å². The summed E-state index contributed by atoms with van der Waals surface area (Å²) in [5.74, 6) is 0. The van der Waals surface area contributed by atoms with Gasteiger partial charge in [-0.25, -0.2) is 4.79 Å². The summed E-state index contributed by atoms with van der Waals surface area (Å²) >= 11 is 0. The van der Waals surface area contributed by atoms with E-state index in [1.54, 1.807) is 4.90 Å². The molecule has 0 aliphatic carbocycles. The normalized spacial score (nSPS) is 26.3. The highest BCUT2D eigenvalue weighted by molar-refractivity contribution is 5.69. The zero-order valence-corrected chi connectivity index (χ0v) is 16.4. The van der Waals surface area contributed by atoms with E-state index in [1.165, 1.54) is 5.56 Å². The van der Waals surface area contributed by atoms with Gasteiger partial charge in [0.2, 0.25) is 0 Å². The molecule has 0 radical (unpaired) electrons. The molecule has 26 heavy (non-hydrogen) atoms. The van der Waals surface area contributed by atoms with Crippen LogP contribution in [-0.4, -0.2) is 57.4 Å². The van der Waals surface area contributed by atoms with Crippen LogP contribution in [0.5, 0.6) is 0 Å². The third-order valence-corrected chi connectivity index (χ3v) is 5.48. The molecule has 1 aromatic carbocycles. The molecule has 2 aliphatic rings. The van der Waals surface area contributed by atoms with E-state index in [1.807, 2.05) is 26.8 Å². The molecule has 2 aliphatic heterocycles. The number of carbonyl (C=O) groups is 1. The van der Waals surface area contributed by atoms with Gasteiger partial charge < -0.3 is 14.7 Å². The average molecular weight is 360 g/mol. The number of ether oxygens (including phenoxy) is 1. The lowest BCUT2D eigenvalue weighted by atomic mass is 9.79. The van der Waals surface area contributed by atoms with Crippen LogP contribution in [0.2, 0.25) is 0 Å². The minimum atomic E-state index is -0.847. The van der Waals surface area contributed by atoms with Crippen LogP contribution >= 0.6 is 0 Å². The minimum Gasteiger partial charge on any atom is -0.444 e. The van der Waals surface area contributed by atoms with Crippen molar-refractivity contribution >= 4 is 6.09 Å². The third-order valence-electron chi connectivity index (χ3n) is 5.48. The summed E-state index contributed by atoms with van der Waals surface area (Å²) in [7, 11) is 0. The molecule has 3 rings (SSSR count). The van der Waals surface area contributed by atoms with Crippen molar-refractivity contribution in [2.75, 3.05) is 13.1 Å². The molecule has 1 N–H and O–H groups in total. The molecule has 0 aromatic heterocycles. The van der Waals surface area contributed by atoms with E-state index in [2.05, 4.69) is 36.1 Å². The monoisotopic (exact) mass is 360 g/mol. The maximum Gasteiger partial charge on any atom is 0.410 e. The molecule has 0 bridgehead atoms. The Balaban J connectivity index is 1.67. The number of benzene rings is 1. The van der Waals surface area contributed by atoms with Crippen LogP contribution in [0.4, 0.5) is 4.79 Å². The molecule has 1 amide bonds. The molecule has 144 valence electrons. The fraction of sp³-hybridized carbons (Fsp3) is 0.667. The number of hydrogen-bond donors (Lipinski definition) is 1. The molecule has 0 spiro atoms. The highest BCUT2D eigenvalue weighted by atomic mass is 16.6. The Kier molecular flexibility index (Phi) is 5.31. The van der Waals surface area contributed by atoms with Gasteiger partial charge >= 0.3 is 6.09 Å². The molecule has 2 atom stereocenters. The van der Waals surface area contributed by atoms with Crippen LogP contribution in [0.1, 0.15) is 52.5 Å². The zero-order chi connectivity index (χ0) is 18.9. The number of nitrogens with zero attached hydrogens (tertiary/aromatic N) is 2. The van der Waals surface area contributed by atoms with Crippen molar-refractivity contribution in [3.8, 4) is 0 Å². The number of rotatable bonds is 3. The molecule has 1 aromatic rings. The van der Waals surface area contributed by atoms with Crippen molar-refractivity contribution in [3.63, 3.8) is 0 Å². The number of β-amino-alcohol motifs (C(OH)–C–C–N with tert-alkyl or cyclic N) is 1. The standard InChI is InChI=1S/C21H32N2O3/c1-16-9-8-12-18(23(16)13-17-10-6-5-7-11-17)21(25)14-22(15-21)19(24)26-20(2,3)4/h5-7,10-11,16,18,25H,8-9,12-15H2,1-4H3/t16-,18+/m1/s1. The second-order valence-electron chi connectivity index (χ2n) is 8.89. The first kappa shape index (κ1) is 19.2. The number of carbonyl (C=O) groups excluding carboxylic acids is 1. The van der Waals surface area contributed by atoms with Crippen LogP contribution in [-0.2, 0) is 11.3 Å². The maximum atomic E-state index is 12.2. The first-order chi connectivity index (χ1) is 12.2. The zero-order valence-electron chi connectivity index (χ0n) is 16.4. The Morgan fingerprint density at radius 2 is 1.88 bits per heavy atom. The number of piperidine rings is 1. The van der Waals surface area contributed by atoms with Gasteiger partial charge in [0, 0.05) is 18.6 Å².